The minimum atomic E-state index is 0.435. The molecule has 0 fully saturated rings. The Hall–Kier alpha value is -0.300. The van der Waals surface area contributed by atoms with Gasteiger partial charge in [-0.05, 0) is 32.6 Å². The van der Waals surface area contributed by atoms with Gasteiger partial charge in [0.15, 0.2) is 0 Å². The molecule has 0 bridgehead atoms. The Kier molecular flexibility index (Phi) is 11.5. The zero-order chi connectivity index (χ0) is 11.4. The highest BCUT2D eigenvalue weighted by Gasteiger charge is 1.97. The SMILES string of the molecule is CCCC/C=C\CCCCCC(C)OC. The standard InChI is InChI=1S/C14H28O/c1-4-5-6-7-8-9-10-11-12-13-14(2)15-3/h7-8,14H,4-6,9-13H2,1-3H3/b8-7-. The monoisotopic (exact) mass is 212 g/mol. The van der Waals surface area contributed by atoms with Crippen LogP contribution in [0.2, 0.25) is 0 Å². The number of rotatable bonds is 10. The van der Waals surface area contributed by atoms with E-state index in [1.807, 2.05) is 0 Å². The van der Waals surface area contributed by atoms with E-state index >= 15 is 0 Å². The Morgan fingerprint density at radius 3 is 2.27 bits per heavy atom. The molecule has 1 unspecified atom stereocenters. The Bertz CT molecular complexity index is 140. The van der Waals surface area contributed by atoms with Crippen molar-refractivity contribution < 1.29 is 4.74 Å². The molecule has 0 saturated carbocycles. The molecule has 1 heteroatoms. The Balaban J connectivity index is 3.07. The second-order valence-electron chi connectivity index (χ2n) is 4.30. The Morgan fingerprint density at radius 2 is 1.67 bits per heavy atom. The van der Waals surface area contributed by atoms with Gasteiger partial charge in [-0.3, -0.25) is 0 Å². The van der Waals surface area contributed by atoms with E-state index in [0.717, 1.165) is 0 Å². The summed E-state index contributed by atoms with van der Waals surface area (Å²) in [5.74, 6) is 0. The van der Waals surface area contributed by atoms with Crippen molar-refractivity contribution in [3.63, 3.8) is 0 Å². The summed E-state index contributed by atoms with van der Waals surface area (Å²) in [5.41, 5.74) is 0. The molecule has 0 aliphatic heterocycles. The first kappa shape index (κ1) is 14.7. The summed E-state index contributed by atoms with van der Waals surface area (Å²) in [7, 11) is 1.79. The van der Waals surface area contributed by atoms with Gasteiger partial charge in [0.2, 0.25) is 0 Å². The zero-order valence-electron chi connectivity index (χ0n) is 10.8. The summed E-state index contributed by atoms with van der Waals surface area (Å²) in [5, 5.41) is 0. The maximum absolute atomic E-state index is 5.21. The van der Waals surface area contributed by atoms with E-state index in [9.17, 15) is 0 Å². The topological polar surface area (TPSA) is 9.23 Å². The fourth-order valence-electron chi connectivity index (χ4n) is 1.55. The van der Waals surface area contributed by atoms with E-state index in [2.05, 4.69) is 26.0 Å². The molecular formula is C14H28O. The maximum Gasteiger partial charge on any atom is 0.0543 e. The average molecular weight is 212 g/mol. The minimum Gasteiger partial charge on any atom is -0.382 e. The second-order valence-corrected chi connectivity index (χ2v) is 4.30. The highest BCUT2D eigenvalue weighted by molar-refractivity contribution is 4.81. The lowest BCUT2D eigenvalue weighted by atomic mass is 10.1. The lowest BCUT2D eigenvalue weighted by Gasteiger charge is -2.07. The van der Waals surface area contributed by atoms with Gasteiger partial charge >= 0.3 is 0 Å². The molecule has 15 heavy (non-hydrogen) atoms. The third-order valence-electron chi connectivity index (χ3n) is 2.77. The predicted molar refractivity (Wildman–Crippen MR) is 68.2 cm³/mol. The highest BCUT2D eigenvalue weighted by atomic mass is 16.5. The van der Waals surface area contributed by atoms with E-state index in [-0.39, 0.29) is 0 Å². The van der Waals surface area contributed by atoms with Crippen LogP contribution in [-0.4, -0.2) is 13.2 Å². The van der Waals surface area contributed by atoms with Crippen molar-refractivity contribution in [3.8, 4) is 0 Å². The Labute approximate surface area is 95.9 Å². The number of allylic oxidation sites excluding steroid dienone is 2. The molecule has 90 valence electrons. The molecule has 0 saturated heterocycles. The molecule has 0 aromatic heterocycles. The van der Waals surface area contributed by atoms with Gasteiger partial charge in [-0.15, -0.1) is 0 Å². The highest BCUT2D eigenvalue weighted by Crippen LogP contribution is 2.08. The van der Waals surface area contributed by atoms with Gasteiger partial charge in [0, 0.05) is 7.11 Å². The lowest BCUT2D eigenvalue weighted by molar-refractivity contribution is 0.108. The van der Waals surface area contributed by atoms with Gasteiger partial charge in [-0.2, -0.15) is 0 Å². The van der Waals surface area contributed by atoms with Crippen molar-refractivity contribution in [3.05, 3.63) is 12.2 Å². The van der Waals surface area contributed by atoms with Crippen molar-refractivity contribution in [2.45, 2.75) is 71.3 Å². The molecule has 0 aromatic carbocycles. The molecule has 0 heterocycles. The molecule has 0 amide bonds. The summed E-state index contributed by atoms with van der Waals surface area (Å²) in [4.78, 5) is 0. The number of hydrogen-bond donors (Lipinski definition) is 0. The van der Waals surface area contributed by atoms with Crippen molar-refractivity contribution in [2.24, 2.45) is 0 Å². The molecule has 0 aliphatic carbocycles. The largest absolute Gasteiger partial charge is 0.382 e. The molecule has 0 rings (SSSR count). The fraction of sp³-hybridized carbons (Fsp3) is 0.857. The van der Waals surface area contributed by atoms with Crippen LogP contribution in [0.3, 0.4) is 0 Å². The van der Waals surface area contributed by atoms with Crippen LogP contribution in [0.4, 0.5) is 0 Å². The van der Waals surface area contributed by atoms with Crippen molar-refractivity contribution in [1.29, 1.82) is 0 Å². The van der Waals surface area contributed by atoms with Crippen molar-refractivity contribution in [1.82, 2.24) is 0 Å². The number of ether oxygens (including phenoxy) is 1. The van der Waals surface area contributed by atoms with Crippen LogP contribution in [0, 0.1) is 0 Å². The molecule has 1 nitrogen and oxygen atoms in total. The van der Waals surface area contributed by atoms with E-state index < -0.39 is 0 Å². The first-order valence-electron chi connectivity index (χ1n) is 6.49. The number of methoxy groups -OCH3 is 1. The third kappa shape index (κ3) is 11.6. The lowest BCUT2D eigenvalue weighted by Crippen LogP contribution is -2.03. The Morgan fingerprint density at radius 1 is 1.00 bits per heavy atom. The normalized spacial score (nSPS) is 13.5. The zero-order valence-corrected chi connectivity index (χ0v) is 10.8. The number of unbranched alkanes of at least 4 members (excludes halogenated alkanes) is 5. The van der Waals surface area contributed by atoms with E-state index in [4.69, 9.17) is 4.74 Å². The van der Waals surface area contributed by atoms with Gasteiger partial charge in [0.05, 0.1) is 6.10 Å². The summed E-state index contributed by atoms with van der Waals surface area (Å²) < 4.78 is 5.21. The van der Waals surface area contributed by atoms with Crippen LogP contribution in [0.5, 0.6) is 0 Å². The first-order chi connectivity index (χ1) is 7.31. The maximum atomic E-state index is 5.21. The van der Waals surface area contributed by atoms with Gasteiger partial charge in [-0.25, -0.2) is 0 Å². The predicted octanol–water partition coefficient (Wildman–Crippen LogP) is 4.72. The minimum absolute atomic E-state index is 0.435. The van der Waals surface area contributed by atoms with Gasteiger partial charge in [0.25, 0.3) is 0 Å². The second kappa shape index (κ2) is 11.8. The third-order valence-corrected chi connectivity index (χ3v) is 2.77. The molecule has 0 aromatic rings. The fourth-order valence-corrected chi connectivity index (χ4v) is 1.55. The van der Waals surface area contributed by atoms with Crippen molar-refractivity contribution >= 4 is 0 Å². The number of hydrogen-bond acceptors (Lipinski definition) is 1. The van der Waals surface area contributed by atoms with Crippen LogP contribution in [0.15, 0.2) is 12.2 Å². The van der Waals surface area contributed by atoms with E-state index in [1.165, 1.54) is 51.4 Å². The van der Waals surface area contributed by atoms with Crippen LogP contribution in [0.25, 0.3) is 0 Å². The molecule has 0 N–H and O–H groups in total. The molecule has 0 spiro atoms. The van der Waals surface area contributed by atoms with Gasteiger partial charge in [0.1, 0.15) is 0 Å². The van der Waals surface area contributed by atoms with Crippen LogP contribution < -0.4 is 0 Å². The summed E-state index contributed by atoms with van der Waals surface area (Å²) in [6.07, 6.45) is 15.4. The van der Waals surface area contributed by atoms with Crippen LogP contribution >= 0.6 is 0 Å². The molecule has 1 atom stereocenters. The van der Waals surface area contributed by atoms with Crippen molar-refractivity contribution in [2.75, 3.05) is 7.11 Å². The molecule has 0 aliphatic rings. The average Bonchev–Trinajstić information content (AvgIpc) is 2.26. The van der Waals surface area contributed by atoms with Crippen LogP contribution in [0.1, 0.15) is 65.2 Å². The smallest absolute Gasteiger partial charge is 0.0543 e. The molecule has 0 radical (unpaired) electrons. The van der Waals surface area contributed by atoms with Crippen LogP contribution in [-0.2, 0) is 4.74 Å². The summed E-state index contributed by atoms with van der Waals surface area (Å²) in [6, 6.07) is 0. The van der Waals surface area contributed by atoms with E-state index in [0.29, 0.717) is 6.10 Å². The quantitative estimate of drug-likeness (QED) is 0.376. The van der Waals surface area contributed by atoms with E-state index in [1.54, 1.807) is 7.11 Å². The summed E-state index contributed by atoms with van der Waals surface area (Å²) >= 11 is 0. The molecular weight excluding hydrogens is 184 g/mol. The van der Waals surface area contributed by atoms with Gasteiger partial charge < -0.3 is 4.74 Å². The van der Waals surface area contributed by atoms with Gasteiger partial charge in [-0.1, -0.05) is 44.8 Å². The summed E-state index contributed by atoms with van der Waals surface area (Å²) in [6.45, 7) is 4.38. The first-order valence-corrected chi connectivity index (χ1v) is 6.49.